The standard InChI is InChI=1S/C16H26O3/c1-2-3-6-19-16(18)14-8-11-7-13(14)15-10(9-17)4-5-12(11)15/h10-15,17H,2-9H2,1H3. The predicted octanol–water partition coefficient (Wildman–Crippen LogP) is 2.62. The van der Waals surface area contributed by atoms with Gasteiger partial charge in [0, 0.05) is 6.61 Å². The van der Waals surface area contributed by atoms with Crippen molar-refractivity contribution < 1.29 is 14.6 Å². The minimum absolute atomic E-state index is 0.0444. The molecule has 1 N–H and O–H groups in total. The number of rotatable bonds is 5. The summed E-state index contributed by atoms with van der Waals surface area (Å²) in [6, 6.07) is 0. The van der Waals surface area contributed by atoms with Crippen molar-refractivity contribution in [3.63, 3.8) is 0 Å². The third-order valence-corrected chi connectivity index (χ3v) is 5.94. The van der Waals surface area contributed by atoms with Crippen molar-refractivity contribution in [2.45, 2.75) is 45.4 Å². The second kappa shape index (κ2) is 5.43. The zero-order chi connectivity index (χ0) is 13.4. The Labute approximate surface area is 115 Å². The molecule has 3 nitrogen and oxygen atoms in total. The first-order valence-corrected chi connectivity index (χ1v) is 8.03. The SMILES string of the molecule is CCCCOC(=O)C1CC2CC1C1C(CO)CCC21. The minimum Gasteiger partial charge on any atom is -0.465 e. The number of esters is 1. The molecule has 3 aliphatic carbocycles. The largest absolute Gasteiger partial charge is 0.465 e. The van der Waals surface area contributed by atoms with Crippen LogP contribution in [0.15, 0.2) is 0 Å². The fourth-order valence-corrected chi connectivity index (χ4v) is 5.15. The lowest BCUT2D eigenvalue weighted by Gasteiger charge is -2.33. The average Bonchev–Trinajstić information content (AvgIpc) is 3.09. The molecular formula is C16H26O3. The topological polar surface area (TPSA) is 46.5 Å². The molecule has 0 aromatic carbocycles. The van der Waals surface area contributed by atoms with Crippen molar-refractivity contribution in [3.8, 4) is 0 Å². The molecule has 0 radical (unpaired) electrons. The highest BCUT2D eigenvalue weighted by atomic mass is 16.5. The summed E-state index contributed by atoms with van der Waals surface area (Å²) in [5.41, 5.74) is 0. The third-order valence-electron chi connectivity index (χ3n) is 5.94. The molecule has 3 rings (SSSR count). The van der Waals surface area contributed by atoms with Gasteiger partial charge in [-0.1, -0.05) is 13.3 Å². The first-order valence-electron chi connectivity index (χ1n) is 8.03. The predicted molar refractivity (Wildman–Crippen MR) is 72.4 cm³/mol. The quantitative estimate of drug-likeness (QED) is 0.614. The third kappa shape index (κ3) is 2.20. The lowest BCUT2D eigenvalue weighted by molar-refractivity contribution is -0.152. The Morgan fingerprint density at radius 1 is 1.26 bits per heavy atom. The van der Waals surface area contributed by atoms with Crippen molar-refractivity contribution in [1.82, 2.24) is 0 Å². The maximum absolute atomic E-state index is 12.2. The first-order chi connectivity index (χ1) is 9.26. The van der Waals surface area contributed by atoms with Gasteiger partial charge in [0.25, 0.3) is 0 Å². The molecule has 3 saturated carbocycles. The number of aliphatic hydroxyl groups excluding tert-OH is 1. The molecule has 0 spiro atoms. The molecule has 3 heteroatoms. The number of ether oxygens (including phenoxy) is 1. The van der Waals surface area contributed by atoms with Crippen LogP contribution in [0.3, 0.4) is 0 Å². The van der Waals surface area contributed by atoms with Crippen molar-refractivity contribution in [3.05, 3.63) is 0 Å². The van der Waals surface area contributed by atoms with Gasteiger partial charge in [0.2, 0.25) is 0 Å². The summed E-state index contributed by atoms with van der Waals surface area (Å²) in [7, 11) is 0. The van der Waals surface area contributed by atoms with E-state index in [9.17, 15) is 9.90 Å². The Kier molecular flexibility index (Phi) is 3.84. The summed E-state index contributed by atoms with van der Waals surface area (Å²) in [6.45, 7) is 3.00. The minimum atomic E-state index is 0.0444. The second-order valence-corrected chi connectivity index (χ2v) is 6.78. The lowest BCUT2D eigenvalue weighted by atomic mass is 9.73. The normalized spacial score (nSPS) is 43.5. The van der Waals surface area contributed by atoms with Gasteiger partial charge in [-0.3, -0.25) is 4.79 Å². The molecule has 108 valence electrons. The van der Waals surface area contributed by atoms with Gasteiger partial charge in [-0.2, -0.15) is 0 Å². The Hall–Kier alpha value is -0.570. The van der Waals surface area contributed by atoms with Gasteiger partial charge < -0.3 is 9.84 Å². The summed E-state index contributed by atoms with van der Waals surface area (Å²) in [4.78, 5) is 12.2. The van der Waals surface area contributed by atoms with E-state index < -0.39 is 0 Å². The highest BCUT2D eigenvalue weighted by molar-refractivity contribution is 5.73. The van der Waals surface area contributed by atoms with Crippen LogP contribution in [-0.2, 0) is 9.53 Å². The molecule has 0 saturated heterocycles. The van der Waals surface area contributed by atoms with Gasteiger partial charge in [0.05, 0.1) is 12.5 Å². The van der Waals surface area contributed by atoms with Gasteiger partial charge in [-0.15, -0.1) is 0 Å². The van der Waals surface area contributed by atoms with Crippen molar-refractivity contribution in [2.24, 2.45) is 35.5 Å². The first kappa shape index (κ1) is 13.4. The molecule has 0 aliphatic heterocycles. The number of hydrogen-bond donors (Lipinski definition) is 1. The molecule has 3 fully saturated rings. The fraction of sp³-hybridized carbons (Fsp3) is 0.938. The van der Waals surface area contributed by atoms with E-state index in [2.05, 4.69) is 6.92 Å². The smallest absolute Gasteiger partial charge is 0.309 e. The molecular weight excluding hydrogens is 240 g/mol. The number of aliphatic hydroxyl groups is 1. The summed E-state index contributed by atoms with van der Waals surface area (Å²) < 4.78 is 5.43. The molecule has 6 unspecified atom stereocenters. The van der Waals surface area contributed by atoms with Crippen LogP contribution in [0.5, 0.6) is 0 Å². The van der Waals surface area contributed by atoms with Crippen LogP contribution in [0.4, 0.5) is 0 Å². The van der Waals surface area contributed by atoms with Crippen LogP contribution in [0.2, 0.25) is 0 Å². The number of carbonyl (C=O) groups is 1. The summed E-state index contributed by atoms with van der Waals surface area (Å²) >= 11 is 0. The van der Waals surface area contributed by atoms with E-state index in [1.807, 2.05) is 0 Å². The highest BCUT2D eigenvalue weighted by Gasteiger charge is 2.58. The zero-order valence-corrected chi connectivity index (χ0v) is 11.9. The second-order valence-electron chi connectivity index (χ2n) is 6.78. The van der Waals surface area contributed by atoms with Crippen LogP contribution in [-0.4, -0.2) is 24.3 Å². The maximum Gasteiger partial charge on any atom is 0.309 e. The average molecular weight is 266 g/mol. The molecule has 6 atom stereocenters. The van der Waals surface area contributed by atoms with Gasteiger partial charge in [-0.05, 0) is 61.7 Å². The number of fused-ring (bicyclic) bond motifs is 5. The summed E-state index contributed by atoms with van der Waals surface area (Å²) in [5.74, 6) is 3.26. The van der Waals surface area contributed by atoms with Gasteiger partial charge in [-0.25, -0.2) is 0 Å². The van der Waals surface area contributed by atoms with Crippen molar-refractivity contribution >= 4 is 5.97 Å². The fourth-order valence-electron chi connectivity index (χ4n) is 5.15. The van der Waals surface area contributed by atoms with Crippen LogP contribution < -0.4 is 0 Å². The van der Waals surface area contributed by atoms with E-state index in [4.69, 9.17) is 4.74 Å². The molecule has 0 aromatic heterocycles. The number of unbranched alkanes of at least 4 members (excludes halogenated alkanes) is 1. The van der Waals surface area contributed by atoms with E-state index in [-0.39, 0.29) is 11.9 Å². The van der Waals surface area contributed by atoms with Gasteiger partial charge in [0.15, 0.2) is 0 Å². The Balaban J connectivity index is 1.62. The lowest BCUT2D eigenvalue weighted by Crippen LogP contribution is -2.34. The molecule has 0 amide bonds. The van der Waals surface area contributed by atoms with E-state index in [0.29, 0.717) is 31.0 Å². The van der Waals surface area contributed by atoms with Crippen molar-refractivity contribution in [2.75, 3.05) is 13.2 Å². The Morgan fingerprint density at radius 2 is 2.11 bits per heavy atom. The van der Waals surface area contributed by atoms with Crippen LogP contribution in [0, 0.1) is 35.5 Å². The van der Waals surface area contributed by atoms with E-state index in [1.165, 1.54) is 12.8 Å². The van der Waals surface area contributed by atoms with Gasteiger partial charge in [0.1, 0.15) is 0 Å². The van der Waals surface area contributed by atoms with Crippen LogP contribution in [0.1, 0.15) is 45.4 Å². The van der Waals surface area contributed by atoms with E-state index in [1.54, 1.807) is 0 Å². The van der Waals surface area contributed by atoms with Crippen molar-refractivity contribution in [1.29, 1.82) is 0 Å². The maximum atomic E-state index is 12.2. The highest BCUT2D eigenvalue weighted by Crippen LogP contribution is 2.62. The molecule has 0 aromatic rings. The Morgan fingerprint density at radius 3 is 2.84 bits per heavy atom. The number of carbonyl (C=O) groups excluding carboxylic acids is 1. The zero-order valence-electron chi connectivity index (χ0n) is 11.9. The van der Waals surface area contributed by atoms with E-state index in [0.717, 1.165) is 37.5 Å². The molecule has 3 aliphatic rings. The van der Waals surface area contributed by atoms with Crippen LogP contribution >= 0.6 is 0 Å². The summed E-state index contributed by atoms with van der Waals surface area (Å²) in [6.07, 6.45) is 6.73. The van der Waals surface area contributed by atoms with E-state index >= 15 is 0 Å². The van der Waals surface area contributed by atoms with Gasteiger partial charge >= 0.3 is 5.97 Å². The molecule has 2 bridgehead atoms. The summed E-state index contributed by atoms with van der Waals surface area (Å²) in [5, 5.41) is 9.52. The monoisotopic (exact) mass is 266 g/mol. The van der Waals surface area contributed by atoms with Crippen LogP contribution in [0.25, 0.3) is 0 Å². The molecule has 19 heavy (non-hydrogen) atoms. The number of hydrogen-bond acceptors (Lipinski definition) is 3. The Bertz CT molecular complexity index is 341. The molecule has 0 heterocycles.